The summed E-state index contributed by atoms with van der Waals surface area (Å²) in [6, 6.07) is 8.93. The van der Waals surface area contributed by atoms with Crippen LogP contribution < -0.4 is 15.0 Å². The van der Waals surface area contributed by atoms with Crippen LogP contribution in [0, 0.1) is 37.5 Å². The van der Waals surface area contributed by atoms with Gasteiger partial charge in [-0.25, -0.2) is 4.68 Å². The van der Waals surface area contributed by atoms with E-state index in [-0.39, 0.29) is 12.2 Å². The van der Waals surface area contributed by atoms with Crippen LogP contribution >= 0.6 is 0 Å². The Balaban J connectivity index is 2.40. The van der Waals surface area contributed by atoms with Crippen molar-refractivity contribution >= 4 is 6.21 Å². The van der Waals surface area contributed by atoms with Crippen LogP contribution in [-0.4, -0.2) is 24.1 Å². The predicted molar refractivity (Wildman–Crippen MR) is 99.8 cm³/mol. The van der Waals surface area contributed by atoms with Gasteiger partial charge in [0.1, 0.15) is 18.2 Å². The van der Waals surface area contributed by atoms with Crippen molar-refractivity contribution in [3.05, 3.63) is 57.0 Å². The maximum Gasteiger partial charge on any atom is 0.289 e. The molecule has 0 unspecified atom stereocenters. The molecule has 0 aliphatic carbocycles. The smallest absolute Gasteiger partial charge is 0.289 e. The van der Waals surface area contributed by atoms with Gasteiger partial charge in [-0.05, 0) is 56.2 Å². The number of nitrogens with zero attached hydrogens (tertiary/aromatic N) is 3. The predicted octanol–water partition coefficient (Wildman–Crippen LogP) is 2.63. The summed E-state index contributed by atoms with van der Waals surface area (Å²) in [7, 11) is 0. The fourth-order valence-corrected chi connectivity index (χ4v) is 2.40. The Bertz CT molecular complexity index is 976. The van der Waals surface area contributed by atoms with Crippen LogP contribution in [0.4, 0.5) is 0 Å². The second-order valence-electron chi connectivity index (χ2n) is 5.45. The van der Waals surface area contributed by atoms with Crippen molar-refractivity contribution in [2.45, 2.75) is 20.8 Å². The minimum absolute atomic E-state index is 0.0841. The van der Waals surface area contributed by atoms with Crippen LogP contribution in [0.25, 0.3) is 0 Å². The van der Waals surface area contributed by atoms with Crippen molar-refractivity contribution in [2.24, 2.45) is 5.10 Å². The molecule has 0 atom stereocenters. The standard InChI is InChI=1S/C20H19N3O3/c1-5-9-26-18-8-7-16(11-19(18)25-6-2)13-22-23-15(4)10-14(3)17(12-21)20(23)24/h1,7-8,10-11,13H,6,9H2,2-4H3/b22-13-. The van der Waals surface area contributed by atoms with E-state index >= 15 is 0 Å². The maximum atomic E-state index is 12.4. The van der Waals surface area contributed by atoms with E-state index in [0.717, 1.165) is 0 Å². The average molecular weight is 349 g/mol. The van der Waals surface area contributed by atoms with Gasteiger partial charge in [0.2, 0.25) is 0 Å². The first-order valence-corrected chi connectivity index (χ1v) is 8.02. The number of aryl methyl sites for hydroxylation is 2. The molecule has 0 fully saturated rings. The van der Waals surface area contributed by atoms with E-state index in [4.69, 9.17) is 21.2 Å². The maximum absolute atomic E-state index is 12.4. The Morgan fingerprint density at radius 3 is 2.69 bits per heavy atom. The average Bonchev–Trinajstić information content (AvgIpc) is 2.61. The molecule has 2 aromatic rings. The quantitative estimate of drug-likeness (QED) is 0.593. The van der Waals surface area contributed by atoms with Gasteiger partial charge in [-0.3, -0.25) is 4.79 Å². The van der Waals surface area contributed by atoms with Gasteiger partial charge in [0.05, 0.1) is 12.8 Å². The number of ether oxygens (including phenoxy) is 2. The third-order valence-corrected chi connectivity index (χ3v) is 3.57. The van der Waals surface area contributed by atoms with E-state index in [1.54, 1.807) is 38.1 Å². The minimum Gasteiger partial charge on any atom is -0.490 e. The van der Waals surface area contributed by atoms with E-state index in [2.05, 4.69) is 11.0 Å². The molecule has 132 valence electrons. The third-order valence-electron chi connectivity index (χ3n) is 3.57. The molecule has 0 bridgehead atoms. The first-order valence-electron chi connectivity index (χ1n) is 8.02. The van der Waals surface area contributed by atoms with Gasteiger partial charge in [-0.1, -0.05) is 5.92 Å². The lowest BCUT2D eigenvalue weighted by atomic mass is 10.1. The minimum atomic E-state index is -0.444. The number of hydrogen-bond acceptors (Lipinski definition) is 5. The number of nitriles is 1. The van der Waals surface area contributed by atoms with Crippen molar-refractivity contribution < 1.29 is 9.47 Å². The van der Waals surface area contributed by atoms with E-state index < -0.39 is 5.56 Å². The molecule has 0 N–H and O–H groups in total. The van der Waals surface area contributed by atoms with Crippen molar-refractivity contribution in [3.8, 4) is 29.9 Å². The number of rotatable bonds is 6. The largest absolute Gasteiger partial charge is 0.490 e. The summed E-state index contributed by atoms with van der Waals surface area (Å²) in [4.78, 5) is 12.4. The number of hydrogen-bond donors (Lipinski definition) is 0. The molecule has 1 aromatic heterocycles. The molecule has 1 aromatic carbocycles. The summed E-state index contributed by atoms with van der Waals surface area (Å²) >= 11 is 0. The van der Waals surface area contributed by atoms with E-state index in [1.807, 2.05) is 13.0 Å². The monoisotopic (exact) mass is 349 g/mol. The number of benzene rings is 1. The SMILES string of the molecule is C#CCOc1ccc(/C=N\n2c(C)cc(C)c(C#N)c2=O)cc1OCC. The molecular formula is C20H19N3O3. The molecule has 0 saturated heterocycles. The Hall–Kier alpha value is -3.51. The summed E-state index contributed by atoms with van der Waals surface area (Å²) in [5.74, 6) is 3.48. The highest BCUT2D eigenvalue weighted by atomic mass is 16.5. The normalized spacial score (nSPS) is 10.3. The molecule has 0 saturated carbocycles. The number of pyridine rings is 1. The zero-order valence-corrected chi connectivity index (χ0v) is 14.9. The summed E-state index contributed by atoms with van der Waals surface area (Å²) < 4.78 is 12.2. The molecule has 2 rings (SSSR count). The second kappa shape index (κ2) is 8.55. The molecule has 6 nitrogen and oxygen atoms in total. The van der Waals surface area contributed by atoms with Gasteiger partial charge in [-0.15, -0.1) is 6.42 Å². The van der Waals surface area contributed by atoms with Crippen molar-refractivity contribution in [3.63, 3.8) is 0 Å². The Morgan fingerprint density at radius 1 is 1.27 bits per heavy atom. The molecule has 26 heavy (non-hydrogen) atoms. The van der Waals surface area contributed by atoms with Gasteiger partial charge < -0.3 is 9.47 Å². The summed E-state index contributed by atoms with van der Waals surface area (Å²) in [6.45, 7) is 5.96. The first-order chi connectivity index (χ1) is 12.5. The molecule has 0 aliphatic heterocycles. The fourth-order valence-electron chi connectivity index (χ4n) is 2.40. The van der Waals surface area contributed by atoms with Crippen LogP contribution in [-0.2, 0) is 0 Å². The fraction of sp³-hybridized carbons (Fsp3) is 0.250. The molecule has 0 spiro atoms. The second-order valence-corrected chi connectivity index (χ2v) is 5.45. The highest BCUT2D eigenvalue weighted by molar-refractivity contribution is 5.80. The lowest BCUT2D eigenvalue weighted by molar-refractivity contribution is 0.299. The number of aromatic nitrogens is 1. The molecule has 0 aliphatic rings. The highest BCUT2D eigenvalue weighted by Crippen LogP contribution is 2.28. The van der Waals surface area contributed by atoms with Crippen molar-refractivity contribution in [1.29, 1.82) is 5.26 Å². The number of terminal acetylenes is 1. The van der Waals surface area contributed by atoms with Crippen molar-refractivity contribution in [2.75, 3.05) is 13.2 Å². The van der Waals surface area contributed by atoms with Gasteiger partial charge in [0.15, 0.2) is 11.5 Å². The van der Waals surface area contributed by atoms with Gasteiger partial charge in [0, 0.05) is 5.69 Å². The topological polar surface area (TPSA) is 76.6 Å². The molecule has 0 amide bonds. The third kappa shape index (κ3) is 4.12. The molecule has 1 heterocycles. The summed E-state index contributed by atoms with van der Waals surface area (Å²) in [5, 5.41) is 13.4. The van der Waals surface area contributed by atoms with Crippen molar-refractivity contribution in [1.82, 2.24) is 4.68 Å². The summed E-state index contributed by atoms with van der Waals surface area (Å²) in [6.07, 6.45) is 6.74. The van der Waals surface area contributed by atoms with Gasteiger partial charge in [0.25, 0.3) is 5.56 Å². The first kappa shape index (κ1) is 18.8. The van der Waals surface area contributed by atoms with E-state index in [1.165, 1.54) is 10.9 Å². The lowest BCUT2D eigenvalue weighted by Gasteiger charge is -2.11. The van der Waals surface area contributed by atoms with E-state index in [9.17, 15) is 4.79 Å². The molecule has 6 heteroatoms. The molecular weight excluding hydrogens is 330 g/mol. The van der Waals surface area contributed by atoms with Gasteiger partial charge >= 0.3 is 0 Å². The van der Waals surface area contributed by atoms with Gasteiger partial charge in [-0.2, -0.15) is 10.4 Å². The zero-order valence-electron chi connectivity index (χ0n) is 14.9. The Morgan fingerprint density at radius 2 is 2.04 bits per heavy atom. The Labute approximate surface area is 152 Å². The highest BCUT2D eigenvalue weighted by Gasteiger charge is 2.09. The van der Waals surface area contributed by atoms with Crippen LogP contribution in [0.15, 0.2) is 34.2 Å². The summed E-state index contributed by atoms with van der Waals surface area (Å²) in [5.41, 5.74) is 1.63. The van der Waals surface area contributed by atoms with Crippen LogP contribution in [0.1, 0.15) is 29.3 Å². The lowest BCUT2D eigenvalue weighted by Crippen LogP contribution is -2.22. The molecule has 0 radical (unpaired) electrons. The van der Waals surface area contributed by atoms with Crippen LogP contribution in [0.5, 0.6) is 11.5 Å². The van der Waals surface area contributed by atoms with Crippen LogP contribution in [0.3, 0.4) is 0 Å². The van der Waals surface area contributed by atoms with Crippen LogP contribution in [0.2, 0.25) is 0 Å². The zero-order chi connectivity index (χ0) is 19.1. The van der Waals surface area contributed by atoms with E-state index in [0.29, 0.717) is 34.9 Å². The Kier molecular flexibility index (Phi) is 6.19.